The highest BCUT2D eigenvalue weighted by Gasteiger charge is 2.19. The Morgan fingerprint density at radius 3 is 2.67 bits per heavy atom. The Kier molecular flexibility index (Phi) is 1.24. The van der Waals surface area contributed by atoms with Gasteiger partial charge in [0.15, 0.2) is 5.78 Å². The predicted octanol–water partition coefficient (Wildman–Crippen LogP) is 0.459. The van der Waals surface area contributed by atoms with Gasteiger partial charge in [-0.25, -0.2) is 0 Å². The standard InChI is InChI=1S/C8H9N3O/c9-5-1-4-7(2-6(5)10)11-3-8(4)12/h1-2,11H,3,9-10H2. The van der Waals surface area contributed by atoms with Crippen LogP contribution in [-0.4, -0.2) is 12.3 Å². The Labute approximate surface area is 69.5 Å². The monoisotopic (exact) mass is 163 g/mol. The largest absolute Gasteiger partial charge is 0.397 e. The van der Waals surface area contributed by atoms with Gasteiger partial charge >= 0.3 is 0 Å². The van der Waals surface area contributed by atoms with E-state index >= 15 is 0 Å². The number of hydrogen-bond acceptors (Lipinski definition) is 4. The molecule has 2 rings (SSSR count). The molecule has 62 valence electrons. The van der Waals surface area contributed by atoms with Gasteiger partial charge in [0.1, 0.15) is 0 Å². The smallest absolute Gasteiger partial charge is 0.184 e. The quantitative estimate of drug-likeness (QED) is 0.485. The van der Waals surface area contributed by atoms with Crippen LogP contribution < -0.4 is 16.8 Å². The molecule has 1 aromatic rings. The lowest BCUT2D eigenvalue weighted by molar-refractivity contribution is 0.101. The molecule has 0 atom stereocenters. The van der Waals surface area contributed by atoms with Gasteiger partial charge in [-0.2, -0.15) is 0 Å². The summed E-state index contributed by atoms with van der Waals surface area (Å²) in [5.74, 6) is 0.0664. The van der Waals surface area contributed by atoms with E-state index < -0.39 is 0 Å². The third kappa shape index (κ3) is 0.812. The summed E-state index contributed by atoms with van der Waals surface area (Å²) in [4.78, 5) is 11.2. The van der Waals surface area contributed by atoms with Crippen molar-refractivity contribution >= 4 is 22.8 Å². The molecule has 0 radical (unpaired) electrons. The van der Waals surface area contributed by atoms with Gasteiger partial charge in [0.05, 0.1) is 17.9 Å². The zero-order valence-corrected chi connectivity index (χ0v) is 6.42. The summed E-state index contributed by atoms with van der Waals surface area (Å²) in [6.07, 6.45) is 0. The van der Waals surface area contributed by atoms with Crippen LogP contribution in [-0.2, 0) is 0 Å². The van der Waals surface area contributed by atoms with Crippen molar-refractivity contribution in [2.24, 2.45) is 0 Å². The SMILES string of the molecule is Nc1cc2c(cc1N)C(=O)CN2. The number of ketones is 1. The number of nitrogen functional groups attached to an aromatic ring is 2. The highest BCUT2D eigenvalue weighted by molar-refractivity contribution is 6.09. The van der Waals surface area contributed by atoms with E-state index in [-0.39, 0.29) is 5.78 Å². The van der Waals surface area contributed by atoms with Crippen LogP contribution in [0.3, 0.4) is 0 Å². The molecular formula is C8H9N3O. The van der Waals surface area contributed by atoms with E-state index in [2.05, 4.69) is 5.32 Å². The van der Waals surface area contributed by atoms with E-state index in [0.717, 1.165) is 5.69 Å². The van der Waals surface area contributed by atoms with Crippen molar-refractivity contribution in [3.05, 3.63) is 17.7 Å². The minimum Gasteiger partial charge on any atom is -0.397 e. The topological polar surface area (TPSA) is 81.1 Å². The zero-order chi connectivity index (χ0) is 8.72. The minimum atomic E-state index is 0.0664. The molecule has 0 unspecified atom stereocenters. The number of Topliss-reactive ketones (excluding diaryl/α,β-unsaturated/α-hetero) is 1. The number of fused-ring (bicyclic) bond motifs is 1. The number of benzene rings is 1. The maximum Gasteiger partial charge on any atom is 0.184 e. The molecule has 5 N–H and O–H groups in total. The molecule has 0 aromatic heterocycles. The Bertz CT molecular complexity index is 360. The number of rotatable bonds is 0. The Morgan fingerprint density at radius 2 is 1.92 bits per heavy atom. The van der Waals surface area contributed by atoms with Crippen molar-refractivity contribution in [2.45, 2.75) is 0 Å². The van der Waals surface area contributed by atoms with E-state index in [0.29, 0.717) is 23.5 Å². The lowest BCUT2D eigenvalue weighted by Gasteiger charge is -2.02. The molecule has 12 heavy (non-hydrogen) atoms. The highest BCUT2D eigenvalue weighted by Crippen LogP contribution is 2.28. The third-order valence-electron chi connectivity index (χ3n) is 1.96. The van der Waals surface area contributed by atoms with Crippen LogP contribution in [0.4, 0.5) is 17.1 Å². The van der Waals surface area contributed by atoms with Crippen LogP contribution in [0, 0.1) is 0 Å². The average molecular weight is 163 g/mol. The van der Waals surface area contributed by atoms with E-state index in [1.807, 2.05) is 0 Å². The third-order valence-corrected chi connectivity index (χ3v) is 1.96. The molecule has 4 heteroatoms. The molecule has 0 fully saturated rings. The molecule has 0 spiro atoms. The molecule has 1 aliphatic heterocycles. The number of nitrogens with one attached hydrogen (secondary N) is 1. The van der Waals surface area contributed by atoms with Crippen LogP contribution in [0.25, 0.3) is 0 Å². The minimum absolute atomic E-state index is 0.0664. The van der Waals surface area contributed by atoms with E-state index in [9.17, 15) is 4.79 Å². The lowest BCUT2D eigenvalue weighted by atomic mass is 10.1. The molecule has 1 heterocycles. The van der Waals surface area contributed by atoms with E-state index in [1.165, 1.54) is 0 Å². The molecule has 0 amide bonds. The lowest BCUT2D eigenvalue weighted by Crippen LogP contribution is -2.00. The molecule has 1 aliphatic rings. The van der Waals surface area contributed by atoms with Crippen molar-refractivity contribution in [1.82, 2.24) is 0 Å². The summed E-state index contributed by atoms with van der Waals surface area (Å²) in [7, 11) is 0. The summed E-state index contributed by atoms with van der Waals surface area (Å²) in [6, 6.07) is 3.31. The first kappa shape index (κ1) is 6.97. The van der Waals surface area contributed by atoms with Crippen molar-refractivity contribution in [2.75, 3.05) is 23.3 Å². The first-order valence-corrected chi connectivity index (χ1v) is 3.64. The number of carbonyl (C=O) groups excluding carboxylic acids is 1. The van der Waals surface area contributed by atoms with Crippen molar-refractivity contribution < 1.29 is 4.79 Å². The van der Waals surface area contributed by atoms with E-state index in [1.54, 1.807) is 12.1 Å². The molecule has 1 aromatic carbocycles. The van der Waals surface area contributed by atoms with Crippen LogP contribution >= 0.6 is 0 Å². The Morgan fingerprint density at radius 1 is 1.25 bits per heavy atom. The maximum absolute atomic E-state index is 11.2. The van der Waals surface area contributed by atoms with Gasteiger partial charge in [-0.15, -0.1) is 0 Å². The van der Waals surface area contributed by atoms with Gasteiger partial charge in [0, 0.05) is 11.3 Å². The number of hydrogen-bond donors (Lipinski definition) is 3. The summed E-state index contributed by atoms with van der Waals surface area (Å²) in [5, 5.41) is 2.93. The first-order chi connectivity index (χ1) is 5.68. The van der Waals surface area contributed by atoms with E-state index in [4.69, 9.17) is 11.5 Å². The normalized spacial score (nSPS) is 14.2. The molecule has 0 bridgehead atoms. The van der Waals surface area contributed by atoms with Crippen LogP contribution in [0.2, 0.25) is 0 Å². The van der Waals surface area contributed by atoms with Crippen molar-refractivity contribution in [3.8, 4) is 0 Å². The van der Waals surface area contributed by atoms with Gasteiger partial charge in [0.25, 0.3) is 0 Å². The first-order valence-electron chi connectivity index (χ1n) is 3.64. The summed E-state index contributed by atoms with van der Waals surface area (Å²) in [6.45, 7) is 0.345. The van der Waals surface area contributed by atoms with Gasteiger partial charge < -0.3 is 16.8 Å². The molecule has 0 saturated heterocycles. The van der Waals surface area contributed by atoms with Gasteiger partial charge in [-0.1, -0.05) is 0 Å². The molecule has 4 nitrogen and oxygen atoms in total. The van der Waals surface area contributed by atoms with Crippen LogP contribution in [0.5, 0.6) is 0 Å². The van der Waals surface area contributed by atoms with Crippen LogP contribution in [0.15, 0.2) is 12.1 Å². The molecule has 0 saturated carbocycles. The predicted molar refractivity (Wildman–Crippen MR) is 48.1 cm³/mol. The van der Waals surface area contributed by atoms with Crippen molar-refractivity contribution in [3.63, 3.8) is 0 Å². The number of nitrogens with two attached hydrogens (primary N) is 2. The second-order valence-electron chi connectivity index (χ2n) is 2.80. The number of carbonyl (C=O) groups is 1. The fraction of sp³-hybridized carbons (Fsp3) is 0.125. The maximum atomic E-state index is 11.2. The van der Waals surface area contributed by atoms with Crippen LogP contribution in [0.1, 0.15) is 10.4 Å². The van der Waals surface area contributed by atoms with Crippen molar-refractivity contribution in [1.29, 1.82) is 0 Å². The average Bonchev–Trinajstić information content (AvgIpc) is 2.35. The summed E-state index contributed by atoms with van der Waals surface area (Å²) >= 11 is 0. The summed E-state index contributed by atoms with van der Waals surface area (Å²) < 4.78 is 0. The Hall–Kier alpha value is -1.71. The second kappa shape index (κ2) is 2.14. The fourth-order valence-corrected chi connectivity index (χ4v) is 1.28. The zero-order valence-electron chi connectivity index (χ0n) is 6.42. The second-order valence-corrected chi connectivity index (χ2v) is 2.80. The van der Waals surface area contributed by atoms with Gasteiger partial charge in [-0.05, 0) is 12.1 Å². The molecule has 0 aliphatic carbocycles. The summed E-state index contributed by atoms with van der Waals surface area (Å²) in [5.41, 5.74) is 13.5. The highest BCUT2D eigenvalue weighted by atomic mass is 16.1. The van der Waals surface area contributed by atoms with Gasteiger partial charge in [0.2, 0.25) is 0 Å². The number of anilines is 3. The van der Waals surface area contributed by atoms with Gasteiger partial charge in [-0.3, -0.25) is 4.79 Å². The fourth-order valence-electron chi connectivity index (χ4n) is 1.28. The Balaban J connectivity index is 2.63. The molecular weight excluding hydrogens is 154 g/mol.